The maximum absolute atomic E-state index is 14.3. The van der Waals surface area contributed by atoms with Gasteiger partial charge in [-0.15, -0.1) is 11.3 Å². The fourth-order valence-corrected chi connectivity index (χ4v) is 3.83. The summed E-state index contributed by atoms with van der Waals surface area (Å²) in [4.78, 5) is 0. The van der Waals surface area contributed by atoms with Crippen molar-refractivity contribution < 1.29 is 4.39 Å². The molecule has 0 spiro atoms. The monoisotopic (exact) mass is 278 g/mol. The van der Waals surface area contributed by atoms with E-state index in [2.05, 4.69) is 24.3 Å². The topological polar surface area (TPSA) is 0 Å². The van der Waals surface area contributed by atoms with E-state index in [0.717, 1.165) is 31.3 Å². The summed E-state index contributed by atoms with van der Waals surface area (Å²) in [7, 11) is 0. The Morgan fingerprint density at radius 3 is 2.15 bits per heavy atom. The summed E-state index contributed by atoms with van der Waals surface area (Å²) in [5.41, 5.74) is 2.22. The second-order valence-corrected chi connectivity index (χ2v) is 5.84. The van der Waals surface area contributed by atoms with E-state index in [9.17, 15) is 4.39 Å². The fourth-order valence-electron chi connectivity index (χ4n) is 2.68. The molecule has 0 nitrogen and oxygen atoms in total. The van der Waals surface area contributed by atoms with Crippen LogP contribution in [0.4, 0.5) is 4.39 Å². The number of fused-ring (bicyclic) bond motifs is 3. The molecule has 1 aromatic heterocycles. The Kier molecular flexibility index (Phi) is 2.57. The quantitative estimate of drug-likeness (QED) is 0.409. The van der Waals surface area contributed by atoms with Gasteiger partial charge in [-0.2, -0.15) is 0 Å². The molecule has 0 aliphatic heterocycles. The number of thiophene rings is 1. The summed E-state index contributed by atoms with van der Waals surface area (Å²) in [6.45, 7) is 0. The van der Waals surface area contributed by atoms with Gasteiger partial charge in [-0.3, -0.25) is 0 Å². The first-order valence-corrected chi connectivity index (χ1v) is 7.31. The average molecular weight is 278 g/mol. The van der Waals surface area contributed by atoms with E-state index in [1.165, 1.54) is 6.07 Å². The van der Waals surface area contributed by atoms with Crippen LogP contribution in [-0.4, -0.2) is 0 Å². The highest BCUT2D eigenvalue weighted by Gasteiger charge is 2.13. The first-order valence-electron chi connectivity index (χ1n) is 6.50. The van der Waals surface area contributed by atoms with Gasteiger partial charge in [-0.25, -0.2) is 4.39 Å². The van der Waals surface area contributed by atoms with Crippen LogP contribution in [0.3, 0.4) is 0 Å². The Hall–Kier alpha value is -2.19. The molecule has 4 rings (SSSR count). The van der Waals surface area contributed by atoms with Crippen LogP contribution < -0.4 is 0 Å². The van der Waals surface area contributed by atoms with Crippen molar-refractivity contribution in [1.29, 1.82) is 0 Å². The molecular formula is C18H11FS. The zero-order chi connectivity index (χ0) is 13.5. The van der Waals surface area contributed by atoms with E-state index in [1.807, 2.05) is 30.3 Å². The van der Waals surface area contributed by atoms with Crippen LogP contribution >= 0.6 is 11.3 Å². The highest BCUT2D eigenvalue weighted by atomic mass is 32.1. The first-order chi connectivity index (χ1) is 9.84. The molecule has 96 valence electrons. The third-order valence-corrected chi connectivity index (χ3v) is 4.68. The maximum atomic E-state index is 14.3. The van der Waals surface area contributed by atoms with Crippen molar-refractivity contribution in [3.63, 3.8) is 0 Å². The van der Waals surface area contributed by atoms with Gasteiger partial charge in [0, 0.05) is 20.2 Å². The Morgan fingerprint density at radius 1 is 0.650 bits per heavy atom. The normalized spacial score (nSPS) is 11.2. The Morgan fingerprint density at radius 2 is 1.35 bits per heavy atom. The van der Waals surface area contributed by atoms with Gasteiger partial charge in [0.2, 0.25) is 0 Å². The highest BCUT2D eigenvalue weighted by molar-refractivity contribution is 7.25. The van der Waals surface area contributed by atoms with Gasteiger partial charge >= 0.3 is 0 Å². The molecule has 0 unspecified atom stereocenters. The highest BCUT2D eigenvalue weighted by Crippen LogP contribution is 2.40. The van der Waals surface area contributed by atoms with Crippen LogP contribution in [0.15, 0.2) is 66.7 Å². The molecule has 0 radical (unpaired) electrons. The summed E-state index contributed by atoms with van der Waals surface area (Å²) in [5.74, 6) is -0.142. The van der Waals surface area contributed by atoms with E-state index >= 15 is 0 Å². The van der Waals surface area contributed by atoms with Crippen molar-refractivity contribution in [2.24, 2.45) is 0 Å². The number of hydrogen-bond donors (Lipinski definition) is 0. The number of benzene rings is 3. The average Bonchev–Trinajstić information content (AvgIpc) is 2.88. The van der Waals surface area contributed by atoms with E-state index < -0.39 is 0 Å². The van der Waals surface area contributed by atoms with Gasteiger partial charge in [0.25, 0.3) is 0 Å². The van der Waals surface area contributed by atoms with E-state index in [0.29, 0.717) is 0 Å². The van der Waals surface area contributed by atoms with Crippen molar-refractivity contribution >= 4 is 31.5 Å². The van der Waals surface area contributed by atoms with Gasteiger partial charge in [-0.1, -0.05) is 48.5 Å². The molecule has 4 aromatic rings. The molecule has 0 aliphatic rings. The molecule has 0 amide bonds. The van der Waals surface area contributed by atoms with Crippen molar-refractivity contribution in [2.45, 2.75) is 0 Å². The summed E-state index contributed by atoms with van der Waals surface area (Å²) in [6.07, 6.45) is 0. The van der Waals surface area contributed by atoms with E-state index in [1.54, 1.807) is 17.4 Å². The molecule has 1 heterocycles. The summed E-state index contributed by atoms with van der Waals surface area (Å²) in [6, 6.07) is 21.6. The van der Waals surface area contributed by atoms with Crippen LogP contribution in [0, 0.1) is 5.82 Å². The fraction of sp³-hybridized carbons (Fsp3) is 0. The lowest BCUT2D eigenvalue weighted by molar-refractivity contribution is 0.641. The summed E-state index contributed by atoms with van der Waals surface area (Å²) >= 11 is 1.64. The molecular weight excluding hydrogens is 267 g/mol. The first kappa shape index (κ1) is 11.6. The molecule has 0 saturated carbocycles. The van der Waals surface area contributed by atoms with Crippen LogP contribution in [0.1, 0.15) is 0 Å². The minimum absolute atomic E-state index is 0.142. The predicted molar refractivity (Wildman–Crippen MR) is 84.7 cm³/mol. The number of halogens is 1. The molecule has 0 atom stereocenters. The van der Waals surface area contributed by atoms with Gasteiger partial charge in [0.05, 0.1) is 0 Å². The van der Waals surface area contributed by atoms with Crippen LogP contribution in [0.5, 0.6) is 0 Å². The van der Waals surface area contributed by atoms with E-state index in [-0.39, 0.29) is 5.82 Å². The molecule has 0 saturated heterocycles. The molecule has 0 N–H and O–H groups in total. The Labute approximate surface area is 120 Å². The lowest BCUT2D eigenvalue weighted by Gasteiger charge is -2.04. The minimum atomic E-state index is -0.142. The third kappa shape index (κ3) is 1.65. The second kappa shape index (κ2) is 4.43. The van der Waals surface area contributed by atoms with Crippen LogP contribution in [0.2, 0.25) is 0 Å². The van der Waals surface area contributed by atoms with Gasteiger partial charge in [-0.05, 0) is 29.3 Å². The molecule has 0 aliphatic carbocycles. The molecule has 2 heteroatoms. The number of hydrogen-bond acceptors (Lipinski definition) is 1. The minimum Gasteiger partial charge on any atom is -0.206 e. The van der Waals surface area contributed by atoms with Gasteiger partial charge < -0.3 is 0 Å². The van der Waals surface area contributed by atoms with Crippen LogP contribution in [-0.2, 0) is 0 Å². The predicted octanol–water partition coefficient (Wildman–Crippen LogP) is 5.86. The van der Waals surface area contributed by atoms with Crippen molar-refractivity contribution in [3.05, 3.63) is 72.5 Å². The zero-order valence-electron chi connectivity index (χ0n) is 10.6. The van der Waals surface area contributed by atoms with Gasteiger partial charge in [0.15, 0.2) is 0 Å². The van der Waals surface area contributed by atoms with Crippen molar-refractivity contribution in [2.75, 3.05) is 0 Å². The largest absolute Gasteiger partial charge is 0.206 e. The molecule has 0 fully saturated rings. The molecule has 3 aromatic carbocycles. The standard InChI is InChI=1S/C18H11FS/c19-14-9-5-11-16-18(14)17-13(8-4-10-15(17)20-16)12-6-2-1-3-7-12/h1-11H. The number of rotatable bonds is 1. The SMILES string of the molecule is Fc1cccc2sc3cccc(-c4ccccc4)c3c12. The van der Waals surface area contributed by atoms with Gasteiger partial charge in [0.1, 0.15) is 5.82 Å². The Balaban J connectivity index is 2.20. The zero-order valence-corrected chi connectivity index (χ0v) is 11.5. The molecule has 20 heavy (non-hydrogen) atoms. The maximum Gasteiger partial charge on any atom is 0.132 e. The lowest BCUT2D eigenvalue weighted by Crippen LogP contribution is -1.80. The lowest BCUT2D eigenvalue weighted by atomic mass is 9.99. The van der Waals surface area contributed by atoms with Crippen molar-refractivity contribution in [3.8, 4) is 11.1 Å². The van der Waals surface area contributed by atoms with Crippen LogP contribution in [0.25, 0.3) is 31.3 Å². The third-order valence-electron chi connectivity index (χ3n) is 3.56. The van der Waals surface area contributed by atoms with Crippen molar-refractivity contribution in [1.82, 2.24) is 0 Å². The van der Waals surface area contributed by atoms with E-state index in [4.69, 9.17) is 0 Å². The second-order valence-electron chi connectivity index (χ2n) is 4.76. The smallest absolute Gasteiger partial charge is 0.132 e. The summed E-state index contributed by atoms with van der Waals surface area (Å²) < 4.78 is 16.4. The Bertz CT molecular complexity index is 907. The summed E-state index contributed by atoms with van der Waals surface area (Å²) in [5, 5.41) is 1.77. The molecule has 0 bridgehead atoms.